The van der Waals surface area contributed by atoms with Crippen LogP contribution >= 0.6 is 0 Å². The number of fused-ring (bicyclic) bond motifs is 1. The number of benzene rings is 2. The predicted octanol–water partition coefficient (Wildman–Crippen LogP) is 1.94. The van der Waals surface area contributed by atoms with Gasteiger partial charge in [0.25, 0.3) is 0 Å². The smallest absolute Gasteiger partial charge is 0.315 e. The molecule has 1 aliphatic heterocycles. The highest BCUT2D eigenvalue weighted by Gasteiger charge is 2.19. The number of rotatable bonds is 6. The van der Waals surface area contributed by atoms with Crippen LogP contribution in [-0.4, -0.2) is 39.3 Å². The number of sulfone groups is 1. The fourth-order valence-corrected chi connectivity index (χ4v) is 4.26. The maximum absolute atomic E-state index is 12.1. The van der Waals surface area contributed by atoms with Crippen LogP contribution in [0.1, 0.15) is 11.1 Å². The predicted molar refractivity (Wildman–Crippen MR) is 103 cm³/mol. The second kappa shape index (κ2) is 8.23. The van der Waals surface area contributed by atoms with Crippen molar-refractivity contribution in [3.63, 3.8) is 0 Å². The van der Waals surface area contributed by atoms with Gasteiger partial charge in [0, 0.05) is 18.8 Å². The van der Waals surface area contributed by atoms with Crippen LogP contribution in [0.2, 0.25) is 0 Å². The van der Waals surface area contributed by atoms with Crippen molar-refractivity contribution in [2.24, 2.45) is 0 Å². The van der Waals surface area contributed by atoms with Gasteiger partial charge in [-0.25, -0.2) is 13.2 Å². The number of hydrogen-bond acceptors (Lipinski definition) is 4. The van der Waals surface area contributed by atoms with E-state index in [0.29, 0.717) is 6.54 Å². The van der Waals surface area contributed by atoms with Gasteiger partial charge in [0.05, 0.1) is 17.5 Å². The lowest BCUT2D eigenvalue weighted by Gasteiger charge is -2.26. The molecule has 1 atom stereocenters. The molecule has 2 aromatic rings. The van der Waals surface area contributed by atoms with Crippen molar-refractivity contribution in [3.05, 3.63) is 65.7 Å². The van der Waals surface area contributed by atoms with Gasteiger partial charge < -0.3 is 16.0 Å². The lowest BCUT2D eigenvalue weighted by atomic mass is 10.00. The molecule has 0 saturated carbocycles. The van der Waals surface area contributed by atoms with Crippen molar-refractivity contribution < 1.29 is 13.2 Å². The second-order valence-corrected chi connectivity index (χ2v) is 8.60. The van der Waals surface area contributed by atoms with Crippen LogP contribution in [-0.2, 0) is 22.0 Å². The summed E-state index contributed by atoms with van der Waals surface area (Å²) in [4.78, 5) is 12.0. The molecule has 7 heteroatoms. The molecule has 0 aromatic heterocycles. The standard InChI is InChI=1S/C19H23N3O3S/c23-19(22-17-12-16-8-4-5-9-18(16)21-13-17)20-10-11-26(24,25)14-15-6-2-1-3-7-15/h1-9,17,21H,10-14H2,(H2,20,22,23). The lowest BCUT2D eigenvalue weighted by Crippen LogP contribution is -2.48. The summed E-state index contributed by atoms with van der Waals surface area (Å²) in [6, 6.07) is 16.7. The molecule has 2 aromatic carbocycles. The van der Waals surface area contributed by atoms with Crippen LogP contribution < -0.4 is 16.0 Å². The number of carbonyl (C=O) groups excluding carboxylic acids is 1. The van der Waals surface area contributed by atoms with Crippen LogP contribution in [0.5, 0.6) is 0 Å². The summed E-state index contributed by atoms with van der Waals surface area (Å²) in [7, 11) is -3.26. The van der Waals surface area contributed by atoms with Crippen LogP contribution in [0, 0.1) is 0 Å². The molecule has 138 valence electrons. The maximum atomic E-state index is 12.1. The van der Waals surface area contributed by atoms with E-state index in [1.807, 2.05) is 42.5 Å². The zero-order valence-corrected chi connectivity index (χ0v) is 15.3. The van der Waals surface area contributed by atoms with E-state index in [4.69, 9.17) is 0 Å². The second-order valence-electron chi connectivity index (χ2n) is 6.42. The highest BCUT2D eigenvalue weighted by atomic mass is 32.2. The molecule has 2 amide bonds. The Kier molecular flexibility index (Phi) is 5.78. The van der Waals surface area contributed by atoms with Crippen molar-refractivity contribution in [3.8, 4) is 0 Å². The molecule has 6 nitrogen and oxygen atoms in total. The molecular weight excluding hydrogens is 350 g/mol. The van der Waals surface area contributed by atoms with E-state index >= 15 is 0 Å². The quantitative estimate of drug-likeness (QED) is 0.722. The zero-order chi connectivity index (χ0) is 18.4. The summed E-state index contributed by atoms with van der Waals surface area (Å²) in [5, 5.41) is 8.81. The number of anilines is 1. The first kappa shape index (κ1) is 18.3. The third-order valence-corrected chi connectivity index (χ3v) is 5.89. The fourth-order valence-electron chi connectivity index (χ4n) is 3.00. The van der Waals surface area contributed by atoms with Crippen LogP contribution in [0.3, 0.4) is 0 Å². The maximum Gasteiger partial charge on any atom is 0.315 e. The molecule has 0 spiro atoms. The van der Waals surface area contributed by atoms with Crippen LogP contribution in [0.25, 0.3) is 0 Å². The molecule has 3 N–H and O–H groups in total. The minimum absolute atomic E-state index is 0.0134. The normalized spacial score (nSPS) is 16.2. The highest BCUT2D eigenvalue weighted by Crippen LogP contribution is 2.20. The van der Waals surface area contributed by atoms with Gasteiger partial charge in [-0.15, -0.1) is 0 Å². The average molecular weight is 373 g/mol. The van der Waals surface area contributed by atoms with Gasteiger partial charge in [0.2, 0.25) is 0 Å². The van der Waals surface area contributed by atoms with Gasteiger partial charge in [-0.1, -0.05) is 48.5 Å². The van der Waals surface area contributed by atoms with Gasteiger partial charge in [-0.3, -0.25) is 0 Å². The third kappa shape index (κ3) is 5.23. The molecule has 0 fully saturated rings. The SMILES string of the molecule is O=C(NCCS(=O)(=O)Cc1ccccc1)NC1CNc2ccccc2C1. The zero-order valence-electron chi connectivity index (χ0n) is 14.4. The summed E-state index contributed by atoms with van der Waals surface area (Å²) in [5.41, 5.74) is 3.01. The molecule has 1 unspecified atom stereocenters. The summed E-state index contributed by atoms with van der Waals surface area (Å²) in [5.74, 6) is -0.0957. The van der Waals surface area contributed by atoms with E-state index in [1.165, 1.54) is 0 Å². The van der Waals surface area contributed by atoms with Gasteiger partial charge >= 0.3 is 6.03 Å². The first-order valence-electron chi connectivity index (χ1n) is 8.62. The number of amides is 2. The van der Waals surface area contributed by atoms with E-state index in [0.717, 1.165) is 23.2 Å². The van der Waals surface area contributed by atoms with Gasteiger partial charge in [-0.05, 0) is 23.6 Å². The summed E-state index contributed by atoms with van der Waals surface area (Å²) in [6.07, 6.45) is 0.753. The van der Waals surface area contributed by atoms with Crippen molar-refractivity contribution in [1.82, 2.24) is 10.6 Å². The van der Waals surface area contributed by atoms with E-state index < -0.39 is 9.84 Å². The van der Waals surface area contributed by atoms with Crippen LogP contribution in [0.4, 0.5) is 10.5 Å². The number of nitrogens with one attached hydrogen (secondary N) is 3. The number of urea groups is 1. The van der Waals surface area contributed by atoms with E-state index in [2.05, 4.69) is 16.0 Å². The Balaban J connectivity index is 1.42. The molecular formula is C19H23N3O3S. The van der Waals surface area contributed by atoms with E-state index in [-0.39, 0.29) is 30.1 Å². The van der Waals surface area contributed by atoms with Crippen molar-refractivity contribution in [2.75, 3.05) is 24.2 Å². The third-order valence-electron chi connectivity index (χ3n) is 4.29. The minimum atomic E-state index is -3.26. The number of hydrogen-bond donors (Lipinski definition) is 3. The molecule has 26 heavy (non-hydrogen) atoms. The molecule has 1 aliphatic rings. The van der Waals surface area contributed by atoms with Gasteiger partial charge in [0.1, 0.15) is 0 Å². The minimum Gasteiger partial charge on any atom is -0.383 e. The number of carbonyl (C=O) groups is 1. The molecule has 0 radical (unpaired) electrons. The largest absolute Gasteiger partial charge is 0.383 e. The van der Waals surface area contributed by atoms with Gasteiger partial charge in [-0.2, -0.15) is 0 Å². The van der Waals surface area contributed by atoms with Crippen LogP contribution in [0.15, 0.2) is 54.6 Å². The molecule has 3 rings (SSSR count). The molecule has 0 bridgehead atoms. The first-order valence-corrected chi connectivity index (χ1v) is 10.4. The van der Waals surface area contributed by atoms with E-state index in [9.17, 15) is 13.2 Å². The molecule has 1 heterocycles. The Labute approximate surface area is 153 Å². The monoisotopic (exact) mass is 373 g/mol. The molecule has 0 aliphatic carbocycles. The Hall–Kier alpha value is -2.54. The number of para-hydroxylation sites is 1. The topological polar surface area (TPSA) is 87.3 Å². The summed E-state index contributed by atoms with van der Waals surface area (Å²) >= 11 is 0. The summed E-state index contributed by atoms with van der Waals surface area (Å²) < 4.78 is 24.3. The Morgan fingerprint density at radius 3 is 2.62 bits per heavy atom. The van der Waals surface area contributed by atoms with Crippen molar-refractivity contribution >= 4 is 21.6 Å². The highest BCUT2D eigenvalue weighted by molar-refractivity contribution is 7.90. The van der Waals surface area contributed by atoms with Crippen molar-refractivity contribution in [2.45, 2.75) is 18.2 Å². The Morgan fingerprint density at radius 2 is 1.81 bits per heavy atom. The first-order chi connectivity index (χ1) is 12.5. The Morgan fingerprint density at radius 1 is 1.08 bits per heavy atom. The van der Waals surface area contributed by atoms with E-state index in [1.54, 1.807) is 12.1 Å². The average Bonchev–Trinajstić information content (AvgIpc) is 2.62. The fraction of sp³-hybridized carbons (Fsp3) is 0.316. The van der Waals surface area contributed by atoms with Gasteiger partial charge in [0.15, 0.2) is 9.84 Å². The van der Waals surface area contributed by atoms with Crippen molar-refractivity contribution in [1.29, 1.82) is 0 Å². The molecule has 0 saturated heterocycles. The lowest BCUT2D eigenvalue weighted by molar-refractivity contribution is 0.238. The Bertz CT molecular complexity index is 853. The summed E-state index contributed by atoms with van der Waals surface area (Å²) in [6.45, 7) is 0.745.